The van der Waals surface area contributed by atoms with Crippen molar-refractivity contribution in [2.24, 2.45) is 5.73 Å². The molecule has 42 heavy (non-hydrogen) atoms. The molecule has 0 saturated heterocycles. The molecule has 0 fully saturated rings. The van der Waals surface area contributed by atoms with Gasteiger partial charge in [-0.25, -0.2) is 0 Å². The van der Waals surface area contributed by atoms with Gasteiger partial charge in [-0.1, -0.05) is 79.2 Å². The van der Waals surface area contributed by atoms with E-state index in [1.54, 1.807) is 12.1 Å². The second-order valence-electron chi connectivity index (χ2n) is 9.97. The van der Waals surface area contributed by atoms with Crippen LogP contribution < -0.4 is 15.8 Å². The third kappa shape index (κ3) is 9.44. The molecule has 0 unspecified atom stereocenters. The van der Waals surface area contributed by atoms with Gasteiger partial charge in [0.05, 0.1) is 0 Å². The van der Waals surface area contributed by atoms with Crippen LogP contribution in [0.3, 0.4) is 0 Å². The average Bonchev–Trinajstić information content (AvgIpc) is 3.01. The van der Waals surface area contributed by atoms with Gasteiger partial charge in [0.15, 0.2) is 0 Å². The SMILES string of the molecule is NCCCC[C@@H](C(=O)O)N(C/C=C/c1cccc(NC(=O)c2ccccc2)c1)Cc1ccc(Oc2ccccc2)cc1. The molecule has 0 bridgehead atoms. The molecule has 0 spiro atoms. The standard InChI is InChI=1S/C35H37N3O4/c36-23-8-7-18-33(35(40)41)38(26-28-19-21-32(22-20-28)42-31-16-5-2-6-17-31)24-10-12-27-11-9-15-30(25-27)37-34(39)29-13-3-1-4-14-29/h1-6,9-17,19-22,25,33H,7-8,18,23-24,26,36H2,(H,37,39)(H,40,41)/b12-10+/t33-/m0/s1. The number of nitrogens with zero attached hydrogens (tertiary/aromatic N) is 1. The predicted octanol–water partition coefficient (Wildman–Crippen LogP) is 6.83. The molecule has 4 aromatic carbocycles. The number of unbranched alkanes of at least 4 members (excludes halogenated alkanes) is 1. The summed E-state index contributed by atoms with van der Waals surface area (Å²) in [5.74, 6) is 0.444. The van der Waals surface area contributed by atoms with E-state index in [1.165, 1.54) is 0 Å². The molecular weight excluding hydrogens is 526 g/mol. The van der Waals surface area contributed by atoms with Crippen molar-refractivity contribution in [1.82, 2.24) is 4.90 Å². The summed E-state index contributed by atoms with van der Waals surface area (Å²) in [5, 5.41) is 13.0. The highest BCUT2D eigenvalue weighted by Crippen LogP contribution is 2.23. The van der Waals surface area contributed by atoms with Gasteiger partial charge in [0.25, 0.3) is 5.91 Å². The molecule has 1 amide bonds. The Bertz CT molecular complexity index is 1440. The van der Waals surface area contributed by atoms with Gasteiger partial charge in [-0.15, -0.1) is 0 Å². The van der Waals surface area contributed by atoms with Gasteiger partial charge < -0.3 is 20.9 Å². The van der Waals surface area contributed by atoms with E-state index < -0.39 is 12.0 Å². The minimum absolute atomic E-state index is 0.176. The van der Waals surface area contributed by atoms with E-state index in [-0.39, 0.29) is 5.91 Å². The first-order valence-electron chi connectivity index (χ1n) is 14.1. The Labute approximate surface area is 247 Å². The van der Waals surface area contributed by atoms with E-state index in [9.17, 15) is 14.7 Å². The van der Waals surface area contributed by atoms with Crippen molar-refractivity contribution in [3.63, 3.8) is 0 Å². The van der Waals surface area contributed by atoms with Crippen LogP contribution in [0, 0.1) is 0 Å². The number of nitrogens with one attached hydrogen (secondary N) is 1. The maximum absolute atomic E-state index is 12.6. The first-order chi connectivity index (χ1) is 20.5. The summed E-state index contributed by atoms with van der Waals surface area (Å²) in [6.45, 7) is 1.43. The molecule has 0 aliphatic rings. The van der Waals surface area contributed by atoms with E-state index in [0.717, 1.165) is 29.7 Å². The number of carbonyl (C=O) groups excluding carboxylic acids is 1. The van der Waals surface area contributed by atoms with Gasteiger partial charge >= 0.3 is 5.97 Å². The number of benzene rings is 4. The molecule has 0 radical (unpaired) electrons. The minimum Gasteiger partial charge on any atom is -0.480 e. The van der Waals surface area contributed by atoms with Crippen LogP contribution in [0.4, 0.5) is 5.69 Å². The lowest BCUT2D eigenvalue weighted by Gasteiger charge is -2.28. The maximum atomic E-state index is 12.6. The first kappa shape index (κ1) is 30.2. The Morgan fingerprint density at radius 3 is 2.24 bits per heavy atom. The lowest BCUT2D eigenvalue weighted by molar-refractivity contribution is -0.143. The second kappa shape index (κ2) is 15.9. The topological polar surface area (TPSA) is 105 Å². The maximum Gasteiger partial charge on any atom is 0.320 e. The van der Waals surface area contributed by atoms with Crippen molar-refractivity contribution in [2.75, 3.05) is 18.4 Å². The summed E-state index contributed by atoms with van der Waals surface area (Å²) in [5.41, 5.74) is 8.83. The van der Waals surface area contributed by atoms with Crippen LogP contribution in [0.1, 0.15) is 40.7 Å². The van der Waals surface area contributed by atoms with Crippen LogP contribution in [0.2, 0.25) is 0 Å². The minimum atomic E-state index is -0.852. The number of aliphatic carboxylic acids is 1. The van der Waals surface area contributed by atoms with Crippen molar-refractivity contribution >= 4 is 23.6 Å². The molecule has 0 saturated carbocycles. The lowest BCUT2D eigenvalue weighted by atomic mass is 10.1. The smallest absolute Gasteiger partial charge is 0.320 e. The van der Waals surface area contributed by atoms with Crippen LogP contribution >= 0.6 is 0 Å². The van der Waals surface area contributed by atoms with Crippen molar-refractivity contribution in [2.45, 2.75) is 31.8 Å². The summed E-state index contributed by atoms with van der Waals surface area (Å²) >= 11 is 0. The second-order valence-corrected chi connectivity index (χ2v) is 9.97. The highest BCUT2D eigenvalue weighted by Gasteiger charge is 2.24. The van der Waals surface area contributed by atoms with Crippen LogP contribution in [0.15, 0.2) is 115 Å². The Morgan fingerprint density at radius 1 is 0.857 bits per heavy atom. The lowest BCUT2D eigenvalue weighted by Crippen LogP contribution is -2.41. The number of ether oxygens (including phenoxy) is 1. The summed E-state index contributed by atoms with van der Waals surface area (Å²) in [4.78, 5) is 26.8. The van der Waals surface area contributed by atoms with Gasteiger partial charge in [0, 0.05) is 24.3 Å². The summed E-state index contributed by atoms with van der Waals surface area (Å²) < 4.78 is 5.91. The van der Waals surface area contributed by atoms with E-state index in [2.05, 4.69) is 5.32 Å². The predicted molar refractivity (Wildman–Crippen MR) is 168 cm³/mol. The number of anilines is 1. The van der Waals surface area contributed by atoms with E-state index in [4.69, 9.17) is 10.5 Å². The monoisotopic (exact) mass is 563 g/mol. The zero-order valence-corrected chi connectivity index (χ0v) is 23.6. The number of hydrogen-bond donors (Lipinski definition) is 3. The molecule has 0 aromatic heterocycles. The quantitative estimate of drug-likeness (QED) is 0.137. The van der Waals surface area contributed by atoms with Crippen LogP contribution in [0.5, 0.6) is 11.5 Å². The van der Waals surface area contributed by atoms with Crippen molar-refractivity contribution < 1.29 is 19.4 Å². The summed E-state index contributed by atoms with van der Waals surface area (Å²) in [7, 11) is 0. The third-order valence-electron chi connectivity index (χ3n) is 6.78. The van der Waals surface area contributed by atoms with Gasteiger partial charge in [0.1, 0.15) is 17.5 Å². The third-order valence-corrected chi connectivity index (χ3v) is 6.78. The molecule has 4 N–H and O–H groups in total. The van der Waals surface area contributed by atoms with E-state index in [1.807, 2.05) is 114 Å². The highest BCUT2D eigenvalue weighted by molar-refractivity contribution is 6.04. The van der Waals surface area contributed by atoms with Gasteiger partial charge in [-0.05, 0) is 79.0 Å². The van der Waals surface area contributed by atoms with Gasteiger partial charge in [-0.3, -0.25) is 14.5 Å². The van der Waals surface area contributed by atoms with Gasteiger partial charge in [-0.2, -0.15) is 0 Å². The number of para-hydroxylation sites is 1. The van der Waals surface area contributed by atoms with E-state index >= 15 is 0 Å². The Hall–Kier alpha value is -4.72. The number of carbonyl (C=O) groups is 2. The average molecular weight is 564 g/mol. The number of rotatable bonds is 15. The molecule has 7 nitrogen and oxygen atoms in total. The number of nitrogens with two attached hydrogens (primary N) is 1. The Morgan fingerprint density at radius 2 is 1.55 bits per heavy atom. The molecule has 0 aliphatic carbocycles. The van der Waals surface area contributed by atoms with Crippen LogP contribution in [-0.2, 0) is 11.3 Å². The fourth-order valence-electron chi connectivity index (χ4n) is 4.61. The fraction of sp³-hybridized carbons (Fsp3) is 0.200. The van der Waals surface area contributed by atoms with Crippen molar-refractivity contribution in [3.05, 3.63) is 132 Å². The molecule has 4 aromatic rings. The van der Waals surface area contributed by atoms with Crippen LogP contribution in [-0.4, -0.2) is 41.0 Å². The zero-order valence-electron chi connectivity index (χ0n) is 23.6. The Balaban J connectivity index is 1.45. The molecular formula is C35H37N3O4. The molecule has 1 atom stereocenters. The summed E-state index contributed by atoms with van der Waals surface area (Å²) in [6.07, 6.45) is 5.93. The fourth-order valence-corrected chi connectivity index (χ4v) is 4.61. The molecule has 216 valence electrons. The summed E-state index contributed by atoms with van der Waals surface area (Å²) in [6, 6.07) is 33.3. The zero-order chi connectivity index (χ0) is 29.6. The Kier molecular flexibility index (Phi) is 11.5. The van der Waals surface area contributed by atoms with E-state index in [0.29, 0.717) is 43.1 Å². The number of amides is 1. The molecule has 0 heterocycles. The largest absolute Gasteiger partial charge is 0.480 e. The molecule has 0 aliphatic heterocycles. The van der Waals surface area contributed by atoms with Gasteiger partial charge in [0.2, 0.25) is 0 Å². The number of carboxylic acids is 1. The number of hydrogen-bond acceptors (Lipinski definition) is 5. The van der Waals surface area contributed by atoms with Crippen LogP contribution in [0.25, 0.3) is 6.08 Å². The highest BCUT2D eigenvalue weighted by atomic mass is 16.5. The first-order valence-corrected chi connectivity index (χ1v) is 14.1. The normalized spacial score (nSPS) is 11.9. The van der Waals surface area contributed by atoms with Crippen molar-refractivity contribution in [1.29, 1.82) is 0 Å². The van der Waals surface area contributed by atoms with Crippen molar-refractivity contribution in [3.8, 4) is 11.5 Å². The molecule has 7 heteroatoms. The molecule has 4 rings (SSSR count). The number of carboxylic acid groups (broad SMARTS) is 1.